The van der Waals surface area contributed by atoms with E-state index in [9.17, 15) is 9.90 Å². The number of fused-ring (bicyclic) bond motifs is 1. The maximum absolute atomic E-state index is 12.3. The number of phenolic OH excluding ortho intramolecular Hbond substituents is 1. The minimum Gasteiger partial charge on any atom is -0.508 e. The Hall–Kier alpha value is -2.20. The summed E-state index contributed by atoms with van der Waals surface area (Å²) in [6, 6.07) is 11.2. The van der Waals surface area contributed by atoms with Crippen LogP contribution in [0.5, 0.6) is 17.2 Å². The lowest BCUT2D eigenvalue weighted by molar-refractivity contribution is 0.0628. The second-order valence-corrected chi connectivity index (χ2v) is 4.85. The summed E-state index contributed by atoms with van der Waals surface area (Å²) in [6.07, 6.45) is -0.701. The molecule has 0 fully saturated rings. The number of Topliss-reactive ketones (excluding diaryl/α,β-unsaturated/α-hetero) is 1. The van der Waals surface area contributed by atoms with Crippen molar-refractivity contribution in [2.75, 3.05) is 6.61 Å². The lowest BCUT2D eigenvalue weighted by Crippen LogP contribution is -2.37. The third kappa shape index (κ3) is 2.42. The van der Waals surface area contributed by atoms with Crippen LogP contribution in [0.4, 0.5) is 0 Å². The second-order valence-electron chi connectivity index (χ2n) is 4.42. The Kier molecular flexibility index (Phi) is 3.24. The van der Waals surface area contributed by atoms with Crippen molar-refractivity contribution in [3.8, 4) is 17.2 Å². The van der Waals surface area contributed by atoms with E-state index in [2.05, 4.69) is 0 Å². The van der Waals surface area contributed by atoms with Gasteiger partial charge in [-0.2, -0.15) is 0 Å². The highest BCUT2D eigenvalue weighted by Crippen LogP contribution is 2.30. The topological polar surface area (TPSA) is 55.8 Å². The highest BCUT2D eigenvalue weighted by molar-refractivity contribution is 6.30. The summed E-state index contributed by atoms with van der Waals surface area (Å²) in [5.74, 6) is 0.833. The van der Waals surface area contributed by atoms with Crippen LogP contribution in [0, 0.1) is 0 Å². The zero-order chi connectivity index (χ0) is 14.1. The van der Waals surface area contributed by atoms with Gasteiger partial charge < -0.3 is 14.6 Å². The van der Waals surface area contributed by atoms with Crippen LogP contribution in [0.1, 0.15) is 10.4 Å². The van der Waals surface area contributed by atoms with Crippen LogP contribution in [-0.2, 0) is 0 Å². The van der Waals surface area contributed by atoms with Gasteiger partial charge in [0.15, 0.2) is 6.10 Å². The Balaban J connectivity index is 1.81. The van der Waals surface area contributed by atoms with Crippen LogP contribution in [0.2, 0.25) is 5.02 Å². The van der Waals surface area contributed by atoms with Crippen molar-refractivity contribution in [2.24, 2.45) is 0 Å². The molecule has 5 heteroatoms. The average Bonchev–Trinajstić information content (AvgIpc) is 2.44. The van der Waals surface area contributed by atoms with Gasteiger partial charge >= 0.3 is 0 Å². The molecule has 0 saturated heterocycles. The molecule has 1 aliphatic rings. The van der Waals surface area contributed by atoms with E-state index in [1.807, 2.05) is 0 Å². The molecule has 102 valence electrons. The van der Waals surface area contributed by atoms with Gasteiger partial charge in [-0.1, -0.05) is 11.6 Å². The Bertz CT molecular complexity index is 651. The molecule has 0 radical (unpaired) electrons. The Morgan fingerprint density at radius 1 is 1.20 bits per heavy atom. The summed E-state index contributed by atoms with van der Waals surface area (Å²) >= 11 is 5.79. The number of ketones is 1. The van der Waals surface area contributed by atoms with Crippen LogP contribution in [-0.4, -0.2) is 23.6 Å². The van der Waals surface area contributed by atoms with E-state index < -0.39 is 6.10 Å². The molecule has 1 N–H and O–H groups in total. The molecule has 0 bridgehead atoms. The first-order valence-corrected chi connectivity index (χ1v) is 6.43. The third-order valence-corrected chi connectivity index (χ3v) is 3.26. The first kappa shape index (κ1) is 12.8. The van der Waals surface area contributed by atoms with Crippen molar-refractivity contribution in [3.63, 3.8) is 0 Å². The van der Waals surface area contributed by atoms with Crippen LogP contribution >= 0.6 is 11.6 Å². The van der Waals surface area contributed by atoms with Gasteiger partial charge in [0.1, 0.15) is 23.9 Å². The van der Waals surface area contributed by atoms with Gasteiger partial charge in [0.25, 0.3) is 0 Å². The van der Waals surface area contributed by atoms with Crippen LogP contribution in [0.3, 0.4) is 0 Å². The molecule has 20 heavy (non-hydrogen) atoms. The molecule has 3 rings (SSSR count). The number of carbonyl (C=O) groups excluding carboxylic acids is 1. The molecule has 1 aliphatic heterocycles. The molecule has 2 aromatic rings. The molecule has 0 saturated carbocycles. The van der Waals surface area contributed by atoms with E-state index >= 15 is 0 Å². The smallest absolute Gasteiger partial charge is 0.210 e. The molecule has 4 nitrogen and oxygen atoms in total. The second kappa shape index (κ2) is 5.06. The first-order chi connectivity index (χ1) is 9.63. The predicted octanol–water partition coefficient (Wildman–Crippen LogP) is 3.07. The molecular weight excluding hydrogens is 280 g/mol. The molecule has 0 spiro atoms. The first-order valence-electron chi connectivity index (χ1n) is 6.06. The molecule has 1 heterocycles. The van der Waals surface area contributed by atoms with Crippen molar-refractivity contribution in [1.82, 2.24) is 0 Å². The number of hydrogen-bond donors (Lipinski definition) is 1. The Labute approximate surface area is 120 Å². The lowest BCUT2D eigenvalue weighted by Gasteiger charge is -2.24. The summed E-state index contributed by atoms with van der Waals surface area (Å²) in [7, 11) is 0. The predicted molar refractivity (Wildman–Crippen MR) is 73.8 cm³/mol. The van der Waals surface area contributed by atoms with Crippen LogP contribution in [0.15, 0.2) is 42.5 Å². The van der Waals surface area contributed by atoms with Crippen molar-refractivity contribution in [3.05, 3.63) is 53.1 Å². The number of halogens is 1. The van der Waals surface area contributed by atoms with Crippen LogP contribution < -0.4 is 9.47 Å². The standard InChI is InChI=1S/C15H11ClO4/c16-9-1-4-11(5-2-9)20-14-8-19-13-7-10(17)3-6-12(13)15(14)18/h1-7,14,17H,8H2. The number of benzene rings is 2. The highest BCUT2D eigenvalue weighted by atomic mass is 35.5. The SMILES string of the molecule is O=C1c2ccc(O)cc2OCC1Oc1ccc(Cl)cc1. The number of aromatic hydroxyl groups is 1. The summed E-state index contributed by atoms with van der Waals surface area (Å²) in [5.41, 5.74) is 0.410. The maximum atomic E-state index is 12.3. The number of hydrogen-bond acceptors (Lipinski definition) is 4. The quantitative estimate of drug-likeness (QED) is 0.923. The minimum atomic E-state index is -0.701. The van der Waals surface area contributed by atoms with E-state index in [4.69, 9.17) is 21.1 Å². The zero-order valence-corrected chi connectivity index (χ0v) is 11.1. The molecule has 2 aromatic carbocycles. The van der Waals surface area contributed by atoms with Gasteiger partial charge in [-0.3, -0.25) is 4.79 Å². The Morgan fingerprint density at radius 3 is 2.70 bits per heavy atom. The van der Waals surface area contributed by atoms with Gasteiger partial charge in [0.2, 0.25) is 5.78 Å². The van der Waals surface area contributed by atoms with Gasteiger partial charge in [-0.25, -0.2) is 0 Å². The molecule has 1 unspecified atom stereocenters. The number of carbonyl (C=O) groups is 1. The van der Waals surface area contributed by atoms with E-state index in [-0.39, 0.29) is 18.1 Å². The summed E-state index contributed by atoms with van der Waals surface area (Å²) < 4.78 is 11.1. The molecule has 0 aromatic heterocycles. The van der Waals surface area contributed by atoms with Gasteiger partial charge in [0, 0.05) is 11.1 Å². The molecule has 0 aliphatic carbocycles. The number of phenols is 1. The number of ether oxygens (including phenoxy) is 2. The van der Waals surface area contributed by atoms with Gasteiger partial charge in [-0.15, -0.1) is 0 Å². The Morgan fingerprint density at radius 2 is 1.95 bits per heavy atom. The van der Waals surface area contributed by atoms with Crippen molar-refractivity contribution < 1.29 is 19.4 Å². The maximum Gasteiger partial charge on any atom is 0.210 e. The fourth-order valence-corrected chi connectivity index (χ4v) is 2.14. The van der Waals surface area contributed by atoms with Crippen molar-refractivity contribution in [2.45, 2.75) is 6.10 Å². The average molecular weight is 291 g/mol. The molecular formula is C15H11ClO4. The van der Waals surface area contributed by atoms with E-state index in [0.717, 1.165) is 0 Å². The van der Waals surface area contributed by atoms with Crippen molar-refractivity contribution in [1.29, 1.82) is 0 Å². The number of rotatable bonds is 2. The largest absolute Gasteiger partial charge is 0.508 e. The summed E-state index contributed by atoms with van der Waals surface area (Å²) in [6.45, 7) is 0.109. The lowest BCUT2D eigenvalue weighted by atomic mass is 10.0. The minimum absolute atomic E-state index is 0.0635. The zero-order valence-electron chi connectivity index (χ0n) is 10.4. The fourth-order valence-electron chi connectivity index (χ4n) is 2.01. The normalized spacial score (nSPS) is 17.2. The van der Waals surface area contributed by atoms with Crippen molar-refractivity contribution >= 4 is 17.4 Å². The summed E-state index contributed by atoms with van der Waals surface area (Å²) in [5, 5.41) is 9.97. The fraction of sp³-hybridized carbons (Fsp3) is 0.133. The van der Waals surface area contributed by atoms with E-state index in [1.54, 1.807) is 24.3 Å². The summed E-state index contributed by atoms with van der Waals surface area (Å²) in [4.78, 5) is 12.3. The monoisotopic (exact) mass is 290 g/mol. The third-order valence-electron chi connectivity index (χ3n) is 3.01. The van der Waals surface area contributed by atoms with Gasteiger partial charge in [-0.05, 0) is 36.4 Å². The van der Waals surface area contributed by atoms with Crippen LogP contribution in [0.25, 0.3) is 0 Å². The molecule has 0 amide bonds. The molecule has 1 atom stereocenters. The van der Waals surface area contributed by atoms with E-state index in [0.29, 0.717) is 22.1 Å². The highest BCUT2D eigenvalue weighted by Gasteiger charge is 2.30. The van der Waals surface area contributed by atoms with Gasteiger partial charge in [0.05, 0.1) is 5.56 Å². The van der Waals surface area contributed by atoms with E-state index in [1.165, 1.54) is 18.2 Å².